The van der Waals surface area contributed by atoms with Crippen LogP contribution < -0.4 is 10.2 Å². The number of hydrogen-bond donors (Lipinski definition) is 1. The van der Waals surface area contributed by atoms with Crippen molar-refractivity contribution in [2.75, 3.05) is 18.0 Å². The number of nitrogens with one attached hydrogen (secondary N) is 1. The van der Waals surface area contributed by atoms with Gasteiger partial charge in [0.2, 0.25) is 5.91 Å². The van der Waals surface area contributed by atoms with E-state index in [9.17, 15) is 4.79 Å². The molecule has 6 heteroatoms. The number of piperidine rings is 1. The molecule has 30 heavy (non-hydrogen) atoms. The molecule has 3 aromatic rings. The van der Waals surface area contributed by atoms with Gasteiger partial charge < -0.3 is 10.2 Å². The summed E-state index contributed by atoms with van der Waals surface area (Å²) < 4.78 is 0. The highest BCUT2D eigenvalue weighted by Gasteiger charge is 2.25. The Hall–Kier alpha value is -3.02. The fourth-order valence-electron chi connectivity index (χ4n) is 4.07. The molecule has 1 aliphatic heterocycles. The molecule has 1 aliphatic rings. The van der Waals surface area contributed by atoms with E-state index >= 15 is 0 Å². The molecular weight excluding hydrogens is 374 g/mol. The molecule has 1 aromatic carbocycles. The molecule has 0 saturated carbocycles. The van der Waals surface area contributed by atoms with Gasteiger partial charge in [-0.05, 0) is 37.3 Å². The van der Waals surface area contributed by atoms with Gasteiger partial charge in [0.1, 0.15) is 5.52 Å². The summed E-state index contributed by atoms with van der Waals surface area (Å²) in [5, 5.41) is 3.08. The Morgan fingerprint density at radius 2 is 1.77 bits per heavy atom. The molecule has 1 saturated heterocycles. The van der Waals surface area contributed by atoms with Crippen LogP contribution in [0.3, 0.4) is 0 Å². The molecule has 0 bridgehead atoms. The van der Waals surface area contributed by atoms with Gasteiger partial charge in [-0.15, -0.1) is 0 Å². The topological polar surface area (TPSA) is 71.0 Å². The number of fused-ring (bicyclic) bond motifs is 1. The summed E-state index contributed by atoms with van der Waals surface area (Å²) >= 11 is 0. The monoisotopic (exact) mass is 403 g/mol. The van der Waals surface area contributed by atoms with Crippen LogP contribution in [0.4, 0.5) is 5.69 Å². The summed E-state index contributed by atoms with van der Waals surface area (Å²) in [5.41, 5.74) is 5.84. The van der Waals surface area contributed by atoms with E-state index in [0.717, 1.165) is 66.9 Å². The van der Waals surface area contributed by atoms with Crippen molar-refractivity contribution >= 4 is 22.8 Å². The highest BCUT2D eigenvalue weighted by atomic mass is 16.1. The Kier molecular flexibility index (Phi) is 6.21. The molecule has 3 heterocycles. The summed E-state index contributed by atoms with van der Waals surface area (Å²) in [6.07, 6.45) is 5.33. The van der Waals surface area contributed by atoms with E-state index in [1.807, 2.05) is 36.5 Å². The standard InChI is InChI=1S/C24H29N5O/c1-3-20-21(4-2)28-23-22(27-20)14-19(16-25-23)29-12-10-18(11-13-29)24(30)26-15-17-8-6-5-7-9-17/h5-9,14,16,18H,3-4,10-13,15H2,1-2H3,(H,26,30). The molecule has 156 valence electrons. The lowest BCUT2D eigenvalue weighted by Gasteiger charge is -2.32. The quantitative estimate of drug-likeness (QED) is 0.680. The maximum Gasteiger partial charge on any atom is 0.223 e. The van der Waals surface area contributed by atoms with Crippen molar-refractivity contribution in [1.82, 2.24) is 20.3 Å². The Morgan fingerprint density at radius 3 is 2.47 bits per heavy atom. The van der Waals surface area contributed by atoms with Gasteiger partial charge in [0.25, 0.3) is 0 Å². The molecule has 0 unspecified atom stereocenters. The largest absolute Gasteiger partial charge is 0.370 e. The Morgan fingerprint density at radius 1 is 1.07 bits per heavy atom. The lowest BCUT2D eigenvalue weighted by molar-refractivity contribution is -0.125. The van der Waals surface area contributed by atoms with Crippen LogP contribution in [0.15, 0.2) is 42.6 Å². The van der Waals surface area contributed by atoms with Gasteiger partial charge >= 0.3 is 0 Å². The fourth-order valence-corrected chi connectivity index (χ4v) is 4.07. The number of aromatic nitrogens is 3. The van der Waals surface area contributed by atoms with Crippen molar-refractivity contribution in [3.8, 4) is 0 Å². The minimum absolute atomic E-state index is 0.0666. The van der Waals surface area contributed by atoms with Gasteiger partial charge in [-0.25, -0.2) is 15.0 Å². The van der Waals surface area contributed by atoms with Crippen LogP contribution in [0, 0.1) is 5.92 Å². The zero-order chi connectivity index (χ0) is 20.9. The highest BCUT2D eigenvalue weighted by Crippen LogP contribution is 2.25. The third-order valence-electron chi connectivity index (χ3n) is 5.87. The van der Waals surface area contributed by atoms with Gasteiger partial charge in [-0.3, -0.25) is 4.79 Å². The molecule has 0 aliphatic carbocycles. The number of amides is 1. The minimum Gasteiger partial charge on any atom is -0.370 e. The number of rotatable bonds is 6. The summed E-state index contributed by atoms with van der Waals surface area (Å²) in [6, 6.07) is 12.1. The fraction of sp³-hybridized carbons (Fsp3) is 0.417. The second kappa shape index (κ2) is 9.20. The first-order valence-electron chi connectivity index (χ1n) is 10.9. The molecular formula is C24H29N5O. The van der Waals surface area contributed by atoms with E-state index in [2.05, 4.69) is 40.1 Å². The summed E-state index contributed by atoms with van der Waals surface area (Å²) in [6.45, 7) is 6.49. The lowest BCUT2D eigenvalue weighted by Crippen LogP contribution is -2.40. The van der Waals surface area contributed by atoms with Crippen LogP contribution in [0.25, 0.3) is 11.2 Å². The minimum atomic E-state index is 0.0666. The number of nitrogens with zero attached hydrogens (tertiary/aromatic N) is 4. The Balaban J connectivity index is 1.38. The van der Waals surface area contributed by atoms with Crippen molar-refractivity contribution < 1.29 is 4.79 Å². The molecule has 1 amide bonds. The van der Waals surface area contributed by atoms with Gasteiger partial charge in [-0.1, -0.05) is 44.2 Å². The third-order valence-corrected chi connectivity index (χ3v) is 5.87. The van der Waals surface area contributed by atoms with Crippen LogP contribution in [0.5, 0.6) is 0 Å². The van der Waals surface area contributed by atoms with Gasteiger partial charge in [0.15, 0.2) is 5.65 Å². The number of carbonyl (C=O) groups excluding carboxylic acids is 1. The summed E-state index contributed by atoms with van der Waals surface area (Å²) in [5.74, 6) is 0.220. The van der Waals surface area contributed by atoms with E-state index < -0.39 is 0 Å². The summed E-state index contributed by atoms with van der Waals surface area (Å²) in [7, 11) is 0. The van der Waals surface area contributed by atoms with Gasteiger partial charge in [0, 0.05) is 25.6 Å². The molecule has 0 spiro atoms. The van der Waals surface area contributed by atoms with Crippen molar-refractivity contribution in [2.24, 2.45) is 5.92 Å². The Labute approximate surface area is 177 Å². The first-order chi connectivity index (χ1) is 14.7. The van der Waals surface area contributed by atoms with Crippen molar-refractivity contribution in [2.45, 2.75) is 46.1 Å². The van der Waals surface area contributed by atoms with Crippen molar-refractivity contribution in [3.63, 3.8) is 0 Å². The average Bonchev–Trinajstić information content (AvgIpc) is 2.82. The molecule has 2 aromatic heterocycles. The van der Waals surface area contributed by atoms with Crippen LogP contribution in [-0.2, 0) is 24.2 Å². The van der Waals surface area contributed by atoms with Crippen LogP contribution in [-0.4, -0.2) is 33.9 Å². The highest BCUT2D eigenvalue weighted by molar-refractivity contribution is 5.79. The van der Waals surface area contributed by atoms with Gasteiger partial charge in [-0.2, -0.15) is 0 Å². The van der Waals surface area contributed by atoms with Crippen molar-refractivity contribution in [1.29, 1.82) is 0 Å². The number of pyridine rings is 1. The number of benzene rings is 1. The van der Waals surface area contributed by atoms with Crippen LogP contribution >= 0.6 is 0 Å². The zero-order valence-electron chi connectivity index (χ0n) is 17.8. The molecule has 6 nitrogen and oxygen atoms in total. The first-order valence-corrected chi connectivity index (χ1v) is 10.9. The second-order valence-corrected chi connectivity index (χ2v) is 7.83. The van der Waals surface area contributed by atoms with Crippen LogP contribution in [0.1, 0.15) is 43.6 Å². The lowest BCUT2D eigenvalue weighted by atomic mass is 9.95. The third kappa shape index (κ3) is 4.42. The molecule has 0 atom stereocenters. The predicted molar refractivity (Wildman–Crippen MR) is 119 cm³/mol. The molecule has 1 fully saturated rings. The molecule has 0 radical (unpaired) electrons. The van der Waals surface area contributed by atoms with Crippen LogP contribution in [0.2, 0.25) is 0 Å². The normalized spacial score (nSPS) is 14.8. The zero-order valence-corrected chi connectivity index (χ0v) is 17.8. The SMILES string of the molecule is CCc1nc2cc(N3CCC(C(=O)NCc4ccccc4)CC3)cnc2nc1CC. The van der Waals surface area contributed by atoms with Gasteiger partial charge in [0.05, 0.1) is 23.3 Å². The van der Waals surface area contributed by atoms with E-state index in [-0.39, 0.29) is 11.8 Å². The maximum atomic E-state index is 12.6. The summed E-state index contributed by atoms with van der Waals surface area (Å²) in [4.78, 5) is 28.9. The molecule has 1 N–H and O–H groups in total. The average molecular weight is 404 g/mol. The number of carbonyl (C=O) groups is 1. The van der Waals surface area contributed by atoms with E-state index in [4.69, 9.17) is 4.98 Å². The van der Waals surface area contributed by atoms with E-state index in [1.54, 1.807) is 0 Å². The van der Waals surface area contributed by atoms with E-state index in [0.29, 0.717) is 12.2 Å². The maximum absolute atomic E-state index is 12.6. The second-order valence-electron chi connectivity index (χ2n) is 7.83. The van der Waals surface area contributed by atoms with Crippen molar-refractivity contribution in [3.05, 3.63) is 59.5 Å². The molecule has 4 rings (SSSR count). The first kappa shape index (κ1) is 20.3. The smallest absolute Gasteiger partial charge is 0.223 e. The number of hydrogen-bond acceptors (Lipinski definition) is 5. The predicted octanol–water partition coefficient (Wildman–Crippen LogP) is 3.68. The Bertz CT molecular complexity index is 1010. The number of anilines is 1. The van der Waals surface area contributed by atoms with E-state index in [1.165, 1.54) is 0 Å². The number of aryl methyl sites for hydroxylation is 2.